The highest BCUT2D eigenvalue weighted by molar-refractivity contribution is 4.96. The van der Waals surface area contributed by atoms with Crippen LogP contribution in [-0.2, 0) is 4.74 Å². The van der Waals surface area contributed by atoms with Crippen LogP contribution in [0.4, 0.5) is 0 Å². The molecule has 2 fully saturated rings. The molecule has 2 aliphatic rings. The second kappa shape index (κ2) is 6.15. The average Bonchev–Trinajstić information content (AvgIpc) is 3.15. The van der Waals surface area contributed by atoms with Gasteiger partial charge in [0.1, 0.15) is 6.23 Å². The molecule has 7 heteroatoms. The summed E-state index contributed by atoms with van der Waals surface area (Å²) >= 11 is 0. The molecule has 0 radical (unpaired) electrons. The van der Waals surface area contributed by atoms with E-state index >= 15 is 0 Å². The summed E-state index contributed by atoms with van der Waals surface area (Å²) in [6.07, 6.45) is 6.10. The third-order valence-corrected chi connectivity index (χ3v) is 4.07. The predicted molar refractivity (Wildman–Crippen MR) is 73.3 cm³/mol. The van der Waals surface area contributed by atoms with Gasteiger partial charge in [0.15, 0.2) is 5.82 Å². The average molecular weight is 280 g/mol. The van der Waals surface area contributed by atoms with E-state index in [4.69, 9.17) is 4.74 Å². The molecule has 1 aromatic rings. The van der Waals surface area contributed by atoms with Crippen LogP contribution in [0.1, 0.15) is 57.8 Å². The van der Waals surface area contributed by atoms with Gasteiger partial charge in [0.25, 0.3) is 0 Å². The molecule has 1 aromatic heterocycles. The predicted octanol–water partition coefficient (Wildman–Crippen LogP) is 1.39. The number of ether oxygens (including phenoxy) is 1. The number of nitrogens with one attached hydrogen (secondary N) is 2. The van der Waals surface area contributed by atoms with Gasteiger partial charge in [-0.1, -0.05) is 31.9 Å². The van der Waals surface area contributed by atoms with Gasteiger partial charge < -0.3 is 4.74 Å². The molecule has 1 aliphatic carbocycles. The number of aromatic amines is 1. The third kappa shape index (κ3) is 2.99. The second-order valence-corrected chi connectivity index (χ2v) is 6.21. The van der Waals surface area contributed by atoms with E-state index in [2.05, 4.69) is 44.9 Å². The fraction of sp³-hybridized carbons (Fsp3) is 0.923. The summed E-state index contributed by atoms with van der Waals surface area (Å²) in [5.74, 6) is 1.27. The van der Waals surface area contributed by atoms with E-state index in [0.717, 1.165) is 18.9 Å². The van der Waals surface area contributed by atoms with Crippen molar-refractivity contribution in [1.82, 2.24) is 31.1 Å². The standard InChI is InChI=1S/C13H24N6O/c1-9(2)8-20-12-7-11(13-14-17-18-15-13)16-19(12)10-5-3-4-6-10/h9-12,16H,3-8H2,1-2H3,(H,14,15,17,18). The summed E-state index contributed by atoms with van der Waals surface area (Å²) in [5, 5.41) is 16.7. The number of hydrazine groups is 1. The Balaban J connectivity index is 1.67. The maximum Gasteiger partial charge on any atom is 0.192 e. The highest BCUT2D eigenvalue weighted by Gasteiger charge is 2.39. The van der Waals surface area contributed by atoms with Crippen LogP contribution in [-0.4, -0.2) is 44.5 Å². The van der Waals surface area contributed by atoms with E-state index in [1.54, 1.807) is 0 Å². The van der Waals surface area contributed by atoms with Gasteiger partial charge in [0, 0.05) is 12.5 Å². The van der Waals surface area contributed by atoms with Crippen molar-refractivity contribution < 1.29 is 4.74 Å². The summed E-state index contributed by atoms with van der Waals surface area (Å²) in [6.45, 7) is 5.15. The van der Waals surface area contributed by atoms with Crippen molar-refractivity contribution in [1.29, 1.82) is 0 Å². The van der Waals surface area contributed by atoms with Crippen molar-refractivity contribution in [3.05, 3.63) is 5.82 Å². The topological polar surface area (TPSA) is 79.0 Å². The zero-order chi connectivity index (χ0) is 13.9. The quantitative estimate of drug-likeness (QED) is 0.848. The minimum Gasteiger partial charge on any atom is -0.362 e. The lowest BCUT2D eigenvalue weighted by atomic mass is 10.2. The maximum absolute atomic E-state index is 6.09. The van der Waals surface area contributed by atoms with Crippen LogP contribution in [0.3, 0.4) is 0 Å². The molecular weight excluding hydrogens is 256 g/mol. The first-order chi connectivity index (χ1) is 9.74. The summed E-state index contributed by atoms with van der Waals surface area (Å²) in [6, 6.07) is 0.676. The minimum absolute atomic E-state index is 0.103. The monoisotopic (exact) mass is 280 g/mol. The van der Waals surface area contributed by atoms with E-state index in [9.17, 15) is 0 Å². The van der Waals surface area contributed by atoms with E-state index in [0.29, 0.717) is 12.0 Å². The first-order valence-corrected chi connectivity index (χ1v) is 7.63. The van der Waals surface area contributed by atoms with Crippen molar-refractivity contribution >= 4 is 0 Å². The van der Waals surface area contributed by atoms with E-state index in [1.165, 1.54) is 25.7 Å². The summed E-state index contributed by atoms with van der Waals surface area (Å²) < 4.78 is 6.09. The van der Waals surface area contributed by atoms with Crippen molar-refractivity contribution in [3.8, 4) is 0 Å². The number of hydrogen-bond donors (Lipinski definition) is 2. The number of aromatic nitrogens is 4. The molecule has 0 aromatic carbocycles. The van der Waals surface area contributed by atoms with Crippen molar-refractivity contribution in [2.75, 3.05) is 6.61 Å². The van der Waals surface area contributed by atoms with Gasteiger partial charge in [-0.05, 0) is 18.8 Å². The molecule has 1 saturated heterocycles. The molecule has 0 bridgehead atoms. The molecule has 0 amide bonds. The van der Waals surface area contributed by atoms with Crippen molar-refractivity contribution in [2.24, 2.45) is 5.92 Å². The highest BCUT2D eigenvalue weighted by atomic mass is 16.5. The zero-order valence-electron chi connectivity index (χ0n) is 12.2. The highest BCUT2D eigenvalue weighted by Crippen LogP contribution is 2.33. The minimum atomic E-state index is 0.103. The number of hydrogen-bond acceptors (Lipinski definition) is 6. The fourth-order valence-electron chi connectivity index (χ4n) is 3.09. The molecule has 2 atom stereocenters. The Labute approximate surface area is 119 Å². The van der Waals surface area contributed by atoms with Crippen LogP contribution in [0.2, 0.25) is 0 Å². The molecule has 2 heterocycles. The smallest absolute Gasteiger partial charge is 0.192 e. The molecule has 3 rings (SSSR count). The van der Waals surface area contributed by atoms with E-state index < -0.39 is 0 Å². The molecule has 2 unspecified atom stereocenters. The molecule has 112 valence electrons. The van der Waals surface area contributed by atoms with Gasteiger partial charge in [0.2, 0.25) is 0 Å². The van der Waals surface area contributed by atoms with Crippen LogP contribution in [0.5, 0.6) is 0 Å². The van der Waals surface area contributed by atoms with E-state index in [1.807, 2.05) is 0 Å². The number of H-pyrrole nitrogens is 1. The normalized spacial score (nSPS) is 28.8. The molecule has 2 N–H and O–H groups in total. The number of nitrogens with zero attached hydrogens (tertiary/aromatic N) is 4. The van der Waals surface area contributed by atoms with Gasteiger partial charge in [-0.25, -0.2) is 10.4 Å². The third-order valence-electron chi connectivity index (χ3n) is 4.07. The zero-order valence-corrected chi connectivity index (χ0v) is 12.2. The van der Waals surface area contributed by atoms with Crippen LogP contribution in [0.25, 0.3) is 0 Å². The Morgan fingerprint density at radius 3 is 2.80 bits per heavy atom. The Kier molecular flexibility index (Phi) is 4.28. The van der Waals surface area contributed by atoms with Gasteiger partial charge in [0.05, 0.1) is 12.6 Å². The van der Waals surface area contributed by atoms with Gasteiger partial charge in [-0.2, -0.15) is 5.21 Å². The lowest BCUT2D eigenvalue weighted by Crippen LogP contribution is -2.45. The second-order valence-electron chi connectivity index (χ2n) is 6.21. The van der Waals surface area contributed by atoms with Crippen molar-refractivity contribution in [2.45, 2.75) is 64.3 Å². The molecule has 20 heavy (non-hydrogen) atoms. The molecular formula is C13H24N6O. The SMILES string of the molecule is CC(C)COC1CC(c2nn[nH]n2)NN1C1CCCC1. The fourth-order valence-corrected chi connectivity index (χ4v) is 3.09. The first-order valence-electron chi connectivity index (χ1n) is 7.63. The van der Waals surface area contributed by atoms with Gasteiger partial charge in [-0.3, -0.25) is 0 Å². The van der Waals surface area contributed by atoms with E-state index in [-0.39, 0.29) is 12.3 Å². The lowest BCUT2D eigenvalue weighted by molar-refractivity contribution is -0.0801. The van der Waals surface area contributed by atoms with Gasteiger partial charge in [-0.15, -0.1) is 10.2 Å². The summed E-state index contributed by atoms with van der Waals surface area (Å²) in [4.78, 5) is 0. The number of tetrazole rings is 1. The lowest BCUT2D eigenvalue weighted by Gasteiger charge is -2.30. The Hall–Kier alpha value is -1.05. The summed E-state index contributed by atoms with van der Waals surface area (Å²) in [7, 11) is 0. The number of rotatable bonds is 5. The Morgan fingerprint density at radius 1 is 1.35 bits per heavy atom. The molecule has 1 aliphatic heterocycles. The van der Waals surface area contributed by atoms with Crippen molar-refractivity contribution in [3.63, 3.8) is 0 Å². The maximum atomic E-state index is 6.09. The van der Waals surface area contributed by atoms with Crippen LogP contribution in [0.15, 0.2) is 0 Å². The Bertz CT molecular complexity index is 403. The molecule has 1 saturated carbocycles. The molecule has 7 nitrogen and oxygen atoms in total. The largest absolute Gasteiger partial charge is 0.362 e. The van der Waals surface area contributed by atoms with Crippen LogP contribution < -0.4 is 5.43 Å². The Morgan fingerprint density at radius 2 is 2.15 bits per heavy atom. The van der Waals surface area contributed by atoms with Gasteiger partial charge >= 0.3 is 0 Å². The van der Waals surface area contributed by atoms with Crippen LogP contribution in [0, 0.1) is 5.92 Å². The first kappa shape index (κ1) is 13.9. The summed E-state index contributed by atoms with van der Waals surface area (Å²) in [5.41, 5.74) is 3.53. The van der Waals surface area contributed by atoms with Crippen LogP contribution >= 0.6 is 0 Å². The molecule has 0 spiro atoms.